The SMILES string of the molecule is N=C(C(=O)O)c1cc(-c2ccc(CO)cc2)c(Cl)cc1N. The number of halogens is 1. The highest BCUT2D eigenvalue weighted by atomic mass is 35.5. The third-order valence-electron chi connectivity index (χ3n) is 3.07. The zero-order valence-electron chi connectivity index (χ0n) is 10.9. The number of carbonyl (C=O) groups is 1. The molecule has 0 aliphatic rings. The van der Waals surface area contributed by atoms with Crippen molar-refractivity contribution in [3.05, 3.63) is 52.5 Å². The van der Waals surface area contributed by atoms with E-state index in [1.165, 1.54) is 12.1 Å². The van der Waals surface area contributed by atoms with Crippen LogP contribution in [0.15, 0.2) is 36.4 Å². The summed E-state index contributed by atoms with van der Waals surface area (Å²) in [6.45, 7) is -0.0648. The van der Waals surface area contributed by atoms with Gasteiger partial charge in [0.25, 0.3) is 0 Å². The van der Waals surface area contributed by atoms with E-state index in [0.29, 0.717) is 10.6 Å². The fraction of sp³-hybridized carbons (Fsp3) is 0.0667. The Hall–Kier alpha value is -2.37. The number of nitrogens with one attached hydrogen (secondary N) is 1. The standard InChI is InChI=1S/C15H13ClN2O3/c16-12-6-13(17)11(14(18)15(20)21)5-10(12)9-3-1-8(7-19)2-4-9/h1-6,18-19H,7,17H2,(H,20,21). The second kappa shape index (κ2) is 5.95. The van der Waals surface area contributed by atoms with Gasteiger partial charge in [-0.3, -0.25) is 5.41 Å². The van der Waals surface area contributed by atoms with Crippen LogP contribution < -0.4 is 5.73 Å². The number of hydrogen-bond donors (Lipinski definition) is 4. The molecule has 0 radical (unpaired) electrons. The Morgan fingerprint density at radius 2 is 1.86 bits per heavy atom. The number of aliphatic carboxylic acids is 1. The Bertz CT molecular complexity index is 712. The van der Waals surface area contributed by atoms with Crippen LogP contribution in [0.1, 0.15) is 11.1 Å². The minimum Gasteiger partial charge on any atom is -0.477 e. The molecule has 0 aromatic heterocycles. The van der Waals surface area contributed by atoms with Crippen molar-refractivity contribution in [2.75, 3.05) is 5.73 Å². The first kappa shape index (κ1) is 15.0. The molecule has 6 heteroatoms. The van der Waals surface area contributed by atoms with Crippen LogP contribution in [0.5, 0.6) is 0 Å². The number of benzene rings is 2. The van der Waals surface area contributed by atoms with Gasteiger partial charge in [0, 0.05) is 16.8 Å². The molecule has 5 nitrogen and oxygen atoms in total. The smallest absolute Gasteiger partial charge is 0.354 e. The van der Waals surface area contributed by atoms with E-state index in [4.69, 9.17) is 33.0 Å². The quantitative estimate of drug-likeness (QED) is 0.514. The molecule has 0 fully saturated rings. The highest BCUT2D eigenvalue weighted by Gasteiger charge is 2.16. The van der Waals surface area contributed by atoms with Crippen molar-refractivity contribution in [1.29, 1.82) is 5.41 Å². The summed E-state index contributed by atoms with van der Waals surface area (Å²) >= 11 is 6.15. The van der Waals surface area contributed by atoms with Crippen molar-refractivity contribution in [3.8, 4) is 11.1 Å². The summed E-state index contributed by atoms with van der Waals surface area (Å²) in [5.41, 5.74) is 7.49. The maximum absolute atomic E-state index is 10.9. The lowest BCUT2D eigenvalue weighted by molar-refractivity contribution is -0.129. The third-order valence-corrected chi connectivity index (χ3v) is 3.38. The first-order valence-electron chi connectivity index (χ1n) is 6.05. The second-order valence-corrected chi connectivity index (χ2v) is 4.86. The molecule has 0 heterocycles. The first-order chi connectivity index (χ1) is 9.93. The maximum atomic E-state index is 10.9. The number of carboxylic acids is 1. The largest absolute Gasteiger partial charge is 0.477 e. The van der Waals surface area contributed by atoms with Gasteiger partial charge < -0.3 is 15.9 Å². The van der Waals surface area contributed by atoms with E-state index in [1.807, 2.05) is 0 Å². The Morgan fingerprint density at radius 3 is 2.38 bits per heavy atom. The summed E-state index contributed by atoms with van der Waals surface area (Å²) in [5, 5.41) is 25.9. The summed E-state index contributed by atoms with van der Waals surface area (Å²) < 4.78 is 0. The van der Waals surface area contributed by atoms with E-state index >= 15 is 0 Å². The Morgan fingerprint density at radius 1 is 1.24 bits per heavy atom. The van der Waals surface area contributed by atoms with Crippen molar-refractivity contribution in [1.82, 2.24) is 0 Å². The highest BCUT2D eigenvalue weighted by Crippen LogP contribution is 2.32. The molecule has 0 aliphatic carbocycles. The number of anilines is 1. The van der Waals surface area contributed by atoms with E-state index in [1.54, 1.807) is 24.3 Å². The number of carboxylic acid groups (broad SMARTS) is 1. The molecular formula is C15H13ClN2O3. The van der Waals surface area contributed by atoms with Crippen LogP contribution >= 0.6 is 11.6 Å². The van der Waals surface area contributed by atoms with E-state index in [2.05, 4.69) is 0 Å². The van der Waals surface area contributed by atoms with Crippen molar-refractivity contribution < 1.29 is 15.0 Å². The molecule has 108 valence electrons. The molecular weight excluding hydrogens is 292 g/mol. The lowest BCUT2D eigenvalue weighted by Crippen LogP contribution is -2.15. The van der Waals surface area contributed by atoms with E-state index in [0.717, 1.165) is 11.1 Å². The van der Waals surface area contributed by atoms with Crippen molar-refractivity contribution in [2.24, 2.45) is 0 Å². The van der Waals surface area contributed by atoms with Crippen LogP contribution in [0, 0.1) is 5.41 Å². The fourth-order valence-electron chi connectivity index (χ4n) is 1.93. The highest BCUT2D eigenvalue weighted by molar-refractivity contribution is 6.43. The lowest BCUT2D eigenvalue weighted by Gasteiger charge is -2.11. The molecule has 0 saturated heterocycles. The second-order valence-electron chi connectivity index (χ2n) is 4.45. The van der Waals surface area contributed by atoms with Gasteiger partial charge in [0.05, 0.1) is 11.6 Å². The summed E-state index contributed by atoms with van der Waals surface area (Å²) in [5.74, 6) is -1.36. The number of aliphatic hydroxyl groups is 1. The topological polar surface area (TPSA) is 107 Å². The fourth-order valence-corrected chi connectivity index (χ4v) is 2.21. The van der Waals surface area contributed by atoms with Gasteiger partial charge in [-0.15, -0.1) is 0 Å². The average Bonchev–Trinajstić information content (AvgIpc) is 2.47. The van der Waals surface area contributed by atoms with Gasteiger partial charge in [0.2, 0.25) is 0 Å². The average molecular weight is 305 g/mol. The predicted octanol–water partition coefficient (Wildman–Crippen LogP) is 2.53. The van der Waals surface area contributed by atoms with Gasteiger partial charge in [-0.05, 0) is 23.3 Å². The van der Waals surface area contributed by atoms with E-state index in [-0.39, 0.29) is 17.9 Å². The summed E-state index contributed by atoms with van der Waals surface area (Å²) in [7, 11) is 0. The van der Waals surface area contributed by atoms with Crippen LogP contribution in [0.25, 0.3) is 11.1 Å². The minimum absolute atomic E-state index is 0.0648. The van der Waals surface area contributed by atoms with Crippen LogP contribution in [0.2, 0.25) is 5.02 Å². The summed E-state index contributed by atoms with van der Waals surface area (Å²) in [4.78, 5) is 10.9. The molecule has 0 saturated carbocycles. The molecule has 0 amide bonds. The van der Waals surface area contributed by atoms with Gasteiger partial charge >= 0.3 is 5.97 Å². The van der Waals surface area contributed by atoms with E-state index < -0.39 is 11.7 Å². The van der Waals surface area contributed by atoms with Crippen molar-refractivity contribution in [3.63, 3.8) is 0 Å². The maximum Gasteiger partial charge on any atom is 0.354 e. The molecule has 0 atom stereocenters. The normalized spacial score (nSPS) is 10.4. The van der Waals surface area contributed by atoms with Gasteiger partial charge in [-0.1, -0.05) is 35.9 Å². The van der Waals surface area contributed by atoms with Crippen molar-refractivity contribution in [2.45, 2.75) is 6.61 Å². The van der Waals surface area contributed by atoms with Crippen LogP contribution in [0.3, 0.4) is 0 Å². The van der Waals surface area contributed by atoms with E-state index in [9.17, 15) is 4.79 Å². The molecule has 0 bridgehead atoms. The Kier molecular flexibility index (Phi) is 4.26. The van der Waals surface area contributed by atoms with Gasteiger partial charge in [0.15, 0.2) is 0 Å². The third kappa shape index (κ3) is 3.04. The zero-order valence-corrected chi connectivity index (χ0v) is 11.7. The van der Waals surface area contributed by atoms with Crippen LogP contribution in [-0.2, 0) is 11.4 Å². The van der Waals surface area contributed by atoms with Crippen LogP contribution in [0.4, 0.5) is 5.69 Å². The number of aliphatic hydroxyl groups excluding tert-OH is 1. The summed E-state index contributed by atoms with van der Waals surface area (Å²) in [6.07, 6.45) is 0. The monoisotopic (exact) mass is 304 g/mol. The lowest BCUT2D eigenvalue weighted by atomic mass is 9.98. The Labute approximate surface area is 126 Å². The zero-order chi connectivity index (χ0) is 15.6. The number of nitrogen functional groups attached to an aromatic ring is 1. The molecule has 21 heavy (non-hydrogen) atoms. The molecule has 2 aromatic rings. The molecule has 0 unspecified atom stereocenters. The van der Waals surface area contributed by atoms with Gasteiger partial charge in [-0.25, -0.2) is 4.79 Å². The molecule has 0 spiro atoms. The number of rotatable bonds is 4. The molecule has 5 N–H and O–H groups in total. The predicted molar refractivity (Wildman–Crippen MR) is 81.7 cm³/mol. The molecule has 0 aliphatic heterocycles. The number of nitrogens with two attached hydrogens (primary N) is 1. The van der Waals surface area contributed by atoms with Gasteiger partial charge in [0.1, 0.15) is 5.71 Å². The minimum atomic E-state index is -1.36. The summed E-state index contributed by atoms with van der Waals surface area (Å²) in [6, 6.07) is 9.92. The Balaban J connectivity index is 2.55. The van der Waals surface area contributed by atoms with Crippen molar-refractivity contribution >= 4 is 29.0 Å². The molecule has 2 rings (SSSR count). The van der Waals surface area contributed by atoms with Crippen LogP contribution in [-0.4, -0.2) is 21.9 Å². The van der Waals surface area contributed by atoms with Gasteiger partial charge in [-0.2, -0.15) is 0 Å². The molecule has 2 aromatic carbocycles. The number of hydrogen-bond acceptors (Lipinski definition) is 4. The first-order valence-corrected chi connectivity index (χ1v) is 6.43.